The monoisotopic (exact) mass is 337 g/mol. The van der Waals surface area contributed by atoms with Gasteiger partial charge >= 0.3 is 6.03 Å². The number of carbonyl (C=O) groups excluding carboxylic acids is 1. The Morgan fingerprint density at radius 3 is 2.68 bits per heavy atom. The van der Waals surface area contributed by atoms with Crippen LogP contribution in [0, 0.1) is 0 Å². The summed E-state index contributed by atoms with van der Waals surface area (Å²) in [5.74, 6) is 0. The summed E-state index contributed by atoms with van der Waals surface area (Å²) in [5.41, 5.74) is 0. The van der Waals surface area contributed by atoms with E-state index in [1.165, 1.54) is 16.2 Å². The smallest absolute Gasteiger partial charge is 0.319 e. The molecule has 1 unspecified atom stereocenters. The first-order chi connectivity index (χ1) is 10.8. The molecule has 5 nitrogen and oxygen atoms in total. The zero-order valence-electron chi connectivity index (χ0n) is 12.2. The summed E-state index contributed by atoms with van der Waals surface area (Å²) in [6.45, 7) is 3.90. The number of hydrogen-bond donors (Lipinski definition) is 2. The summed E-state index contributed by atoms with van der Waals surface area (Å²) in [7, 11) is 0. The van der Waals surface area contributed by atoms with Gasteiger partial charge in [-0.15, -0.1) is 22.7 Å². The van der Waals surface area contributed by atoms with E-state index in [2.05, 4.69) is 33.0 Å². The molecule has 0 radical (unpaired) electrons. The third kappa shape index (κ3) is 4.07. The molecule has 0 bridgehead atoms. The molecule has 1 atom stereocenters. The van der Waals surface area contributed by atoms with Gasteiger partial charge in [-0.05, 0) is 29.0 Å². The zero-order valence-corrected chi connectivity index (χ0v) is 13.8. The van der Waals surface area contributed by atoms with Gasteiger partial charge in [0.2, 0.25) is 0 Å². The van der Waals surface area contributed by atoms with Gasteiger partial charge < -0.3 is 10.1 Å². The van der Waals surface area contributed by atoms with Gasteiger partial charge in [-0.25, -0.2) is 4.79 Å². The van der Waals surface area contributed by atoms with Crippen molar-refractivity contribution >= 4 is 33.7 Å². The number of hydrogen-bond acceptors (Lipinski definition) is 5. The topological polar surface area (TPSA) is 53.6 Å². The Morgan fingerprint density at radius 1 is 1.23 bits per heavy atom. The highest BCUT2D eigenvalue weighted by atomic mass is 32.1. The van der Waals surface area contributed by atoms with Crippen molar-refractivity contribution in [3.63, 3.8) is 0 Å². The van der Waals surface area contributed by atoms with E-state index in [9.17, 15) is 4.79 Å². The van der Waals surface area contributed by atoms with E-state index in [4.69, 9.17) is 4.74 Å². The lowest BCUT2D eigenvalue weighted by atomic mass is 10.2. The number of thiophene rings is 2. The minimum absolute atomic E-state index is 0.155. The molecule has 3 heterocycles. The summed E-state index contributed by atoms with van der Waals surface area (Å²) in [6, 6.07) is 8.05. The van der Waals surface area contributed by atoms with Gasteiger partial charge in [0.25, 0.3) is 0 Å². The van der Waals surface area contributed by atoms with Crippen molar-refractivity contribution in [1.82, 2.24) is 10.2 Å². The first-order valence-electron chi connectivity index (χ1n) is 7.26. The standard InChI is InChI=1S/C15H19N3O2S2/c19-15(17-14-4-2-10-22-14)16-11-12(13-3-1-9-21-13)18-5-7-20-8-6-18/h1-4,9-10,12H,5-8,11H2,(H2,16,17,19). The lowest BCUT2D eigenvalue weighted by Gasteiger charge is -2.34. The summed E-state index contributed by atoms with van der Waals surface area (Å²) in [6.07, 6.45) is 0. The number of morpholine rings is 1. The highest BCUT2D eigenvalue weighted by molar-refractivity contribution is 7.14. The molecule has 22 heavy (non-hydrogen) atoms. The minimum atomic E-state index is -0.155. The Balaban J connectivity index is 1.59. The molecule has 0 saturated carbocycles. The van der Waals surface area contributed by atoms with Crippen LogP contribution in [0.5, 0.6) is 0 Å². The van der Waals surface area contributed by atoms with Crippen LogP contribution >= 0.6 is 22.7 Å². The average molecular weight is 337 g/mol. The largest absolute Gasteiger partial charge is 0.379 e. The van der Waals surface area contributed by atoms with Gasteiger partial charge in [0.15, 0.2) is 0 Å². The Hall–Kier alpha value is -1.41. The van der Waals surface area contributed by atoms with Gasteiger partial charge in [-0.1, -0.05) is 6.07 Å². The van der Waals surface area contributed by atoms with Crippen molar-refractivity contribution in [3.8, 4) is 0 Å². The van der Waals surface area contributed by atoms with Crippen LogP contribution in [0.2, 0.25) is 0 Å². The molecule has 2 aromatic heterocycles. The van der Waals surface area contributed by atoms with Crippen LogP contribution < -0.4 is 10.6 Å². The second kappa shape index (κ2) is 7.73. The third-order valence-electron chi connectivity index (χ3n) is 3.57. The highest BCUT2D eigenvalue weighted by Crippen LogP contribution is 2.25. The molecular weight excluding hydrogens is 318 g/mol. The minimum Gasteiger partial charge on any atom is -0.379 e. The van der Waals surface area contributed by atoms with Crippen LogP contribution in [0.1, 0.15) is 10.9 Å². The van der Waals surface area contributed by atoms with Crippen molar-refractivity contribution in [2.45, 2.75) is 6.04 Å². The fourth-order valence-electron chi connectivity index (χ4n) is 2.47. The zero-order chi connectivity index (χ0) is 15.2. The lowest BCUT2D eigenvalue weighted by Crippen LogP contribution is -2.44. The molecule has 2 aromatic rings. The van der Waals surface area contributed by atoms with Crippen LogP contribution in [0.3, 0.4) is 0 Å². The molecule has 7 heteroatoms. The Kier molecular flexibility index (Phi) is 5.44. The molecule has 1 saturated heterocycles. The molecular formula is C15H19N3O2S2. The van der Waals surface area contributed by atoms with E-state index in [0.717, 1.165) is 31.3 Å². The Labute approximate surface area is 137 Å². The number of rotatable bonds is 5. The molecule has 1 aliphatic heterocycles. The van der Waals surface area contributed by atoms with Crippen molar-refractivity contribution in [2.24, 2.45) is 0 Å². The van der Waals surface area contributed by atoms with E-state index in [1.54, 1.807) is 11.3 Å². The van der Waals surface area contributed by atoms with Crippen LogP contribution in [0.15, 0.2) is 35.0 Å². The number of anilines is 1. The Morgan fingerprint density at radius 2 is 2.00 bits per heavy atom. The molecule has 1 fully saturated rings. The molecule has 0 spiro atoms. The molecule has 0 aliphatic carbocycles. The van der Waals surface area contributed by atoms with Gasteiger partial charge in [0.05, 0.1) is 24.3 Å². The number of nitrogens with zero attached hydrogens (tertiary/aromatic N) is 1. The molecule has 2 amide bonds. The second-order valence-corrected chi connectivity index (χ2v) is 6.92. The first-order valence-corrected chi connectivity index (χ1v) is 9.02. The summed E-state index contributed by atoms with van der Waals surface area (Å²) >= 11 is 3.24. The molecule has 118 valence electrons. The lowest BCUT2D eigenvalue weighted by molar-refractivity contribution is 0.0175. The third-order valence-corrected chi connectivity index (χ3v) is 5.33. The van der Waals surface area contributed by atoms with E-state index < -0.39 is 0 Å². The summed E-state index contributed by atoms with van der Waals surface area (Å²) in [4.78, 5) is 15.7. The van der Waals surface area contributed by atoms with Crippen molar-refractivity contribution in [3.05, 3.63) is 39.9 Å². The fraction of sp³-hybridized carbons (Fsp3) is 0.400. The van der Waals surface area contributed by atoms with Crippen molar-refractivity contribution in [1.29, 1.82) is 0 Å². The second-order valence-electron chi connectivity index (χ2n) is 4.99. The SMILES string of the molecule is O=C(NCC(c1cccs1)N1CCOCC1)Nc1cccs1. The summed E-state index contributed by atoms with van der Waals surface area (Å²) in [5, 5.41) is 10.7. The molecule has 3 rings (SSSR count). The van der Waals surface area contributed by atoms with E-state index in [-0.39, 0.29) is 12.1 Å². The molecule has 1 aliphatic rings. The fourth-order valence-corrected chi connectivity index (χ4v) is 3.95. The predicted molar refractivity (Wildman–Crippen MR) is 90.8 cm³/mol. The first kappa shape index (κ1) is 15.5. The van der Waals surface area contributed by atoms with Gasteiger partial charge in [-0.3, -0.25) is 10.2 Å². The van der Waals surface area contributed by atoms with E-state index >= 15 is 0 Å². The highest BCUT2D eigenvalue weighted by Gasteiger charge is 2.23. The predicted octanol–water partition coefficient (Wildman–Crippen LogP) is 3.00. The summed E-state index contributed by atoms with van der Waals surface area (Å²) < 4.78 is 5.43. The average Bonchev–Trinajstić information content (AvgIpc) is 3.22. The maximum Gasteiger partial charge on any atom is 0.319 e. The number of carbonyl (C=O) groups is 1. The van der Waals surface area contributed by atoms with Gasteiger partial charge in [0.1, 0.15) is 0 Å². The van der Waals surface area contributed by atoms with Crippen molar-refractivity contribution < 1.29 is 9.53 Å². The van der Waals surface area contributed by atoms with E-state index in [1.807, 2.05) is 17.5 Å². The maximum atomic E-state index is 12.0. The van der Waals surface area contributed by atoms with Crippen LogP contribution in [-0.2, 0) is 4.74 Å². The number of amides is 2. The van der Waals surface area contributed by atoms with Crippen LogP contribution in [-0.4, -0.2) is 43.8 Å². The Bertz CT molecular complexity index is 566. The number of ether oxygens (including phenoxy) is 1. The molecule has 0 aromatic carbocycles. The van der Waals surface area contributed by atoms with Crippen molar-refractivity contribution in [2.75, 3.05) is 38.2 Å². The normalized spacial score (nSPS) is 17.1. The number of nitrogens with one attached hydrogen (secondary N) is 2. The van der Waals surface area contributed by atoms with Crippen LogP contribution in [0.25, 0.3) is 0 Å². The number of urea groups is 1. The van der Waals surface area contributed by atoms with Gasteiger partial charge in [-0.2, -0.15) is 0 Å². The quantitative estimate of drug-likeness (QED) is 0.882. The van der Waals surface area contributed by atoms with E-state index in [0.29, 0.717) is 6.54 Å². The van der Waals surface area contributed by atoms with Crippen LogP contribution in [0.4, 0.5) is 9.80 Å². The maximum absolute atomic E-state index is 12.0. The van der Waals surface area contributed by atoms with Gasteiger partial charge in [0, 0.05) is 24.5 Å². The molecule has 2 N–H and O–H groups in total.